The predicted molar refractivity (Wildman–Crippen MR) is 52.2 cm³/mol. The van der Waals surface area contributed by atoms with Gasteiger partial charge >= 0.3 is 0 Å². The van der Waals surface area contributed by atoms with Crippen molar-refractivity contribution < 1.29 is 4.79 Å². The van der Waals surface area contributed by atoms with Gasteiger partial charge in [-0.3, -0.25) is 4.79 Å². The summed E-state index contributed by atoms with van der Waals surface area (Å²) in [5.41, 5.74) is 0. The summed E-state index contributed by atoms with van der Waals surface area (Å²) in [6, 6.07) is 0. The zero-order valence-corrected chi connectivity index (χ0v) is 8.52. The monoisotopic (exact) mass is 171 g/mol. The van der Waals surface area contributed by atoms with Gasteiger partial charge in [-0.1, -0.05) is 13.8 Å². The summed E-state index contributed by atoms with van der Waals surface area (Å²) in [6.45, 7) is 5.24. The topological polar surface area (TPSA) is 29.1 Å². The number of Topliss-reactive ketones (excluding diaryl/α,β-unsaturated/α-hetero) is 1. The van der Waals surface area contributed by atoms with E-state index in [0.717, 1.165) is 32.2 Å². The van der Waals surface area contributed by atoms with Gasteiger partial charge in [-0.05, 0) is 32.4 Å². The largest absolute Gasteiger partial charge is 0.319 e. The first-order valence-corrected chi connectivity index (χ1v) is 4.87. The summed E-state index contributed by atoms with van der Waals surface area (Å²) in [4.78, 5) is 11.1. The molecule has 2 nitrogen and oxygen atoms in total. The highest BCUT2D eigenvalue weighted by atomic mass is 16.1. The highest BCUT2D eigenvalue weighted by Crippen LogP contribution is 2.06. The van der Waals surface area contributed by atoms with Crippen LogP contribution >= 0.6 is 0 Å². The fourth-order valence-corrected chi connectivity index (χ4v) is 1.26. The van der Waals surface area contributed by atoms with Gasteiger partial charge in [0.05, 0.1) is 0 Å². The zero-order chi connectivity index (χ0) is 9.40. The van der Waals surface area contributed by atoms with Crippen LogP contribution in [0.4, 0.5) is 0 Å². The quantitative estimate of drug-likeness (QED) is 0.634. The predicted octanol–water partition coefficient (Wildman–Crippen LogP) is 1.99. The molecule has 0 saturated heterocycles. The molecule has 72 valence electrons. The summed E-state index contributed by atoms with van der Waals surface area (Å²) < 4.78 is 0. The molecule has 12 heavy (non-hydrogen) atoms. The Morgan fingerprint density at radius 3 is 2.58 bits per heavy atom. The first-order valence-electron chi connectivity index (χ1n) is 4.87. The molecule has 0 spiro atoms. The van der Waals surface area contributed by atoms with Crippen LogP contribution < -0.4 is 5.32 Å². The number of rotatable bonds is 7. The average molecular weight is 171 g/mol. The van der Waals surface area contributed by atoms with E-state index in [4.69, 9.17) is 0 Å². The maximum Gasteiger partial charge on any atom is 0.132 e. The fourth-order valence-electron chi connectivity index (χ4n) is 1.26. The highest BCUT2D eigenvalue weighted by molar-refractivity contribution is 5.78. The summed E-state index contributed by atoms with van der Waals surface area (Å²) in [5.74, 6) is 1.04. The Hall–Kier alpha value is -0.370. The molecule has 0 amide bonds. The minimum atomic E-state index is 0.417. The van der Waals surface area contributed by atoms with E-state index in [1.54, 1.807) is 0 Å². The molecule has 0 aliphatic heterocycles. The lowest BCUT2D eigenvalue weighted by molar-refractivity contribution is -0.119. The molecule has 0 aromatic carbocycles. The molecule has 1 N–H and O–H groups in total. The van der Waals surface area contributed by atoms with E-state index in [-0.39, 0.29) is 0 Å². The van der Waals surface area contributed by atoms with Crippen LogP contribution in [0.15, 0.2) is 0 Å². The normalized spacial score (nSPS) is 12.9. The Balaban J connectivity index is 3.33. The maximum atomic E-state index is 11.1. The summed E-state index contributed by atoms with van der Waals surface area (Å²) >= 11 is 0. The second kappa shape index (κ2) is 7.29. The van der Waals surface area contributed by atoms with Gasteiger partial charge in [0.1, 0.15) is 5.78 Å². The van der Waals surface area contributed by atoms with Crippen LogP contribution in [0.1, 0.15) is 39.5 Å². The molecule has 0 aromatic heterocycles. The Kier molecular flexibility index (Phi) is 7.06. The van der Waals surface area contributed by atoms with Crippen molar-refractivity contribution in [1.82, 2.24) is 5.32 Å². The van der Waals surface area contributed by atoms with E-state index in [0.29, 0.717) is 11.7 Å². The van der Waals surface area contributed by atoms with Crippen LogP contribution in [0.25, 0.3) is 0 Å². The molecule has 0 aromatic rings. The van der Waals surface area contributed by atoms with E-state index in [1.165, 1.54) is 0 Å². The van der Waals surface area contributed by atoms with E-state index in [1.807, 2.05) is 7.05 Å². The van der Waals surface area contributed by atoms with Gasteiger partial charge in [0.15, 0.2) is 0 Å². The first-order chi connectivity index (χ1) is 5.70. The average Bonchev–Trinajstić information content (AvgIpc) is 2.02. The van der Waals surface area contributed by atoms with E-state index >= 15 is 0 Å². The lowest BCUT2D eigenvalue weighted by Gasteiger charge is -2.08. The molecule has 1 unspecified atom stereocenters. The second-order valence-electron chi connectivity index (χ2n) is 3.49. The number of carbonyl (C=O) groups is 1. The molecule has 0 bridgehead atoms. The lowest BCUT2D eigenvalue weighted by atomic mass is 10.0. The molecule has 0 aliphatic carbocycles. The Bertz CT molecular complexity index is 123. The van der Waals surface area contributed by atoms with Crippen molar-refractivity contribution in [1.29, 1.82) is 0 Å². The van der Waals surface area contributed by atoms with Crippen LogP contribution in [0.3, 0.4) is 0 Å². The van der Waals surface area contributed by atoms with Crippen molar-refractivity contribution in [3.63, 3.8) is 0 Å². The van der Waals surface area contributed by atoms with Gasteiger partial charge in [-0.2, -0.15) is 0 Å². The van der Waals surface area contributed by atoms with Crippen LogP contribution in [0.5, 0.6) is 0 Å². The van der Waals surface area contributed by atoms with Crippen LogP contribution in [0.2, 0.25) is 0 Å². The molecule has 0 aliphatic rings. The van der Waals surface area contributed by atoms with Crippen molar-refractivity contribution in [2.75, 3.05) is 13.6 Å². The van der Waals surface area contributed by atoms with E-state index in [2.05, 4.69) is 19.2 Å². The Morgan fingerprint density at radius 2 is 2.08 bits per heavy atom. The highest BCUT2D eigenvalue weighted by Gasteiger charge is 2.04. The van der Waals surface area contributed by atoms with Gasteiger partial charge in [-0.25, -0.2) is 0 Å². The number of hydrogen-bond acceptors (Lipinski definition) is 2. The summed E-state index contributed by atoms with van der Waals surface area (Å²) in [5, 5.41) is 3.11. The van der Waals surface area contributed by atoms with Gasteiger partial charge < -0.3 is 5.32 Å². The molecule has 0 fully saturated rings. The number of carbonyl (C=O) groups excluding carboxylic acids is 1. The fraction of sp³-hybridized carbons (Fsp3) is 0.900. The second-order valence-corrected chi connectivity index (χ2v) is 3.49. The van der Waals surface area contributed by atoms with Crippen molar-refractivity contribution in [3.05, 3.63) is 0 Å². The molecular weight excluding hydrogens is 150 g/mol. The summed E-state index contributed by atoms with van der Waals surface area (Å²) in [7, 11) is 1.95. The SMILES string of the molecule is CCCC(=O)CCC(C)CNC. The van der Waals surface area contributed by atoms with Gasteiger partial charge in [0, 0.05) is 12.8 Å². The maximum absolute atomic E-state index is 11.1. The lowest BCUT2D eigenvalue weighted by Crippen LogP contribution is -2.17. The number of nitrogens with one attached hydrogen (secondary N) is 1. The molecule has 0 saturated carbocycles. The number of hydrogen-bond donors (Lipinski definition) is 1. The molecule has 0 heterocycles. The van der Waals surface area contributed by atoms with Crippen LogP contribution in [0, 0.1) is 5.92 Å². The first kappa shape index (κ1) is 11.6. The molecular formula is C10H21NO. The van der Waals surface area contributed by atoms with E-state index in [9.17, 15) is 4.79 Å². The van der Waals surface area contributed by atoms with Crippen molar-refractivity contribution >= 4 is 5.78 Å². The summed E-state index contributed by atoms with van der Waals surface area (Å²) in [6.07, 6.45) is 3.53. The van der Waals surface area contributed by atoms with Crippen molar-refractivity contribution in [3.8, 4) is 0 Å². The molecule has 0 rings (SSSR count). The van der Waals surface area contributed by atoms with Gasteiger partial charge in [0.25, 0.3) is 0 Å². The standard InChI is InChI=1S/C10H21NO/c1-4-5-10(12)7-6-9(2)8-11-3/h9,11H,4-8H2,1-3H3. The van der Waals surface area contributed by atoms with Gasteiger partial charge in [-0.15, -0.1) is 0 Å². The Morgan fingerprint density at radius 1 is 1.42 bits per heavy atom. The van der Waals surface area contributed by atoms with Gasteiger partial charge in [0.2, 0.25) is 0 Å². The van der Waals surface area contributed by atoms with E-state index < -0.39 is 0 Å². The third kappa shape index (κ3) is 6.35. The minimum absolute atomic E-state index is 0.417. The number of ketones is 1. The minimum Gasteiger partial charge on any atom is -0.319 e. The van der Waals surface area contributed by atoms with Crippen LogP contribution in [-0.4, -0.2) is 19.4 Å². The smallest absolute Gasteiger partial charge is 0.132 e. The molecule has 2 heteroatoms. The van der Waals surface area contributed by atoms with Crippen molar-refractivity contribution in [2.24, 2.45) is 5.92 Å². The third-order valence-corrected chi connectivity index (χ3v) is 2.00. The van der Waals surface area contributed by atoms with Crippen LogP contribution in [-0.2, 0) is 4.79 Å². The van der Waals surface area contributed by atoms with Crippen molar-refractivity contribution in [2.45, 2.75) is 39.5 Å². The molecule has 0 radical (unpaired) electrons. The Labute approximate surface area is 75.7 Å². The third-order valence-electron chi connectivity index (χ3n) is 2.00. The molecule has 1 atom stereocenters. The zero-order valence-electron chi connectivity index (χ0n) is 8.52.